The third kappa shape index (κ3) is 9.09. The fourth-order valence-electron chi connectivity index (χ4n) is 4.48. The first-order valence-electron chi connectivity index (χ1n) is 14.1. The molecule has 3 rings (SSSR count). The monoisotopic (exact) mass is 622 g/mol. The van der Waals surface area contributed by atoms with Crippen LogP contribution >= 0.6 is 11.6 Å². The van der Waals surface area contributed by atoms with Gasteiger partial charge in [-0.25, -0.2) is 4.79 Å². The molecule has 10 nitrogen and oxygen atoms in total. The van der Waals surface area contributed by atoms with Crippen LogP contribution in [0.25, 0.3) is 11.1 Å². The number of aliphatic imine (C=N–C) groups is 1. The number of aromatic nitrogens is 1. The van der Waals surface area contributed by atoms with Gasteiger partial charge in [0.2, 0.25) is 0 Å². The van der Waals surface area contributed by atoms with Gasteiger partial charge in [-0.15, -0.1) is 0 Å². The smallest absolute Gasteiger partial charge is 0.408 e. The lowest BCUT2D eigenvalue weighted by Gasteiger charge is -2.24. The molecule has 2 atom stereocenters. The van der Waals surface area contributed by atoms with Crippen LogP contribution in [0.15, 0.2) is 52.0 Å². The van der Waals surface area contributed by atoms with Gasteiger partial charge in [0.05, 0.1) is 23.6 Å². The summed E-state index contributed by atoms with van der Waals surface area (Å²) in [6.45, 7) is 12.1. The van der Waals surface area contributed by atoms with Crippen molar-refractivity contribution < 1.29 is 28.4 Å². The Balaban J connectivity index is 2.22. The molecule has 2 unspecified atom stereocenters. The number of rotatable bonds is 10. The average Bonchev–Trinajstić information content (AvgIpc) is 3.30. The highest BCUT2D eigenvalue weighted by molar-refractivity contribution is 6.30. The summed E-state index contributed by atoms with van der Waals surface area (Å²) in [5.74, 6) is -1.22. The van der Waals surface area contributed by atoms with Crippen molar-refractivity contribution in [2.45, 2.75) is 78.0 Å². The molecule has 2 aromatic carbocycles. The zero-order chi connectivity index (χ0) is 32.8. The normalized spacial score (nSPS) is 13.3. The van der Waals surface area contributed by atoms with Gasteiger partial charge < -0.3 is 24.7 Å². The Morgan fingerprint density at radius 2 is 1.68 bits per heavy atom. The third-order valence-corrected chi connectivity index (χ3v) is 6.48. The van der Waals surface area contributed by atoms with Crippen LogP contribution in [-0.4, -0.2) is 53.7 Å². The molecule has 11 heteroatoms. The molecule has 0 aliphatic carbocycles. The number of esters is 1. The van der Waals surface area contributed by atoms with E-state index in [-0.39, 0.29) is 18.0 Å². The number of aryl methyl sites for hydroxylation is 1. The fraction of sp³-hybridized carbons (Fsp3) is 0.394. The van der Waals surface area contributed by atoms with Crippen molar-refractivity contribution in [3.63, 3.8) is 0 Å². The van der Waals surface area contributed by atoms with Crippen molar-refractivity contribution in [2.75, 3.05) is 7.05 Å². The maximum atomic E-state index is 14.0. The molecule has 0 aliphatic rings. The molecular weight excluding hydrogens is 584 g/mol. The standard InChI is InChI=1S/C33H39ClN4O6/c1-19-28(30(44-38-19)26(16-27(39)42-32(2,3)4)37-31(41)43-33(5,6)7)24-14-11-21(22(17-35)18-36-8)15-25(24)29(40)20-9-12-23(34)13-10-20/h9-15,17-18,22,26,35H,16H2,1-8H3,(H,37,41). The van der Waals surface area contributed by atoms with Crippen LogP contribution in [0.4, 0.5) is 4.79 Å². The van der Waals surface area contributed by atoms with Crippen molar-refractivity contribution >= 4 is 41.9 Å². The number of carbonyl (C=O) groups excluding carboxylic acids is 3. The SMILES string of the molecule is CN=CC(C=N)c1ccc(-c2c(C)noc2C(CC(=O)OC(C)(C)C)NC(=O)OC(C)(C)C)c(C(=O)c2ccc(Cl)cc2)c1. The number of nitrogens with one attached hydrogen (secondary N) is 2. The second-order valence-electron chi connectivity index (χ2n) is 12.2. The van der Waals surface area contributed by atoms with Crippen LogP contribution in [0.2, 0.25) is 5.02 Å². The lowest BCUT2D eigenvalue weighted by Crippen LogP contribution is -2.36. The molecule has 234 valence electrons. The molecule has 0 spiro atoms. The Morgan fingerprint density at radius 1 is 1.05 bits per heavy atom. The Kier molecular flexibility index (Phi) is 10.9. The van der Waals surface area contributed by atoms with Crippen LogP contribution in [0.1, 0.15) is 92.9 Å². The number of benzene rings is 2. The summed E-state index contributed by atoms with van der Waals surface area (Å²) in [7, 11) is 1.61. The molecule has 1 heterocycles. The molecule has 0 radical (unpaired) electrons. The quantitative estimate of drug-likeness (QED) is 0.137. The second kappa shape index (κ2) is 14.0. The zero-order valence-electron chi connectivity index (χ0n) is 26.3. The minimum atomic E-state index is -1.05. The molecule has 0 aliphatic heterocycles. The number of ketones is 1. The van der Waals surface area contributed by atoms with E-state index in [0.717, 1.165) is 0 Å². The number of alkyl carbamates (subject to hydrolysis) is 1. The predicted octanol–water partition coefficient (Wildman–Crippen LogP) is 7.27. The predicted molar refractivity (Wildman–Crippen MR) is 170 cm³/mol. The number of ether oxygens (including phenoxy) is 2. The number of hydrogen-bond acceptors (Lipinski definition) is 9. The summed E-state index contributed by atoms with van der Waals surface area (Å²) >= 11 is 6.08. The Labute approximate surface area is 262 Å². The minimum absolute atomic E-state index is 0.149. The minimum Gasteiger partial charge on any atom is -0.460 e. The molecule has 0 saturated heterocycles. The molecule has 3 aromatic rings. The van der Waals surface area contributed by atoms with Gasteiger partial charge in [-0.1, -0.05) is 28.9 Å². The number of hydrogen-bond donors (Lipinski definition) is 2. The van der Waals surface area contributed by atoms with Gasteiger partial charge in [0, 0.05) is 35.6 Å². The summed E-state index contributed by atoms with van der Waals surface area (Å²) in [4.78, 5) is 44.0. The van der Waals surface area contributed by atoms with Crippen molar-refractivity contribution in [2.24, 2.45) is 4.99 Å². The number of nitrogens with zero attached hydrogens (tertiary/aromatic N) is 2. The van der Waals surface area contributed by atoms with Crippen LogP contribution in [-0.2, 0) is 14.3 Å². The van der Waals surface area contributed by atoms with Crippen LogP contribution < -0.4 is 5.32 Å². The molecular formula is C33H39ClN4O6. The highest BCUT2D eigenvalue weighted by Gasteiger charge is 2.32. The summed E-state index contributed by atoms with van der Waals surface area (Å²) in [6.07, 6.45) is 1.78. The van der Waals surface area contributed by atoms with E-state index in [1.54, 1.807) is 104 Å². The van der Waals surface area contributed by atoms with Crippen LogP contribution in [0.3, 0.4) is 0 Å². The van der Waals surface area contributed by atoms with Gasteiger partial charge >= 0.3 is 12.1 Å². The van der Waals surface area contributed by atoms with E-state index in [1.165, 1.54) is 6.21 Å². The van der Waals surface area contributed by atoms with E-state index in [2.05, 4.69) is 15.5 Å². The van der Waals surface area contributed by atoms with Crippen molar-refractivity contribution in [1.82, 2.24) is 10.5 Å². The molecule has 0 bridgehead atoms. The summed E-state index contributed by atoms with van der Waals surface area (Å²) in [5.41, 5.74) is 1.08. The first-order chi connectivity index (χ1) is 20.5. The van der Waals surface area contributed by atoms with Gasteiger partial charge in [0.1, 0.15) is 17.2 Å². The van der Waals surface area contributed by atoms with Crippen molar-refractivity contribution in [3.8, 4) is 11.1 Å². The zero-order valence-corrected chi connectivity index (χ0v) is 27.0. The van der Waals surface area contributed by atoms with E-state index in [1.807, 2.05) is 0 Å². The summed E-state index contributed by atoms with van der Waals surface area (Å²) < 4.78 is 16.8. The lowest BCUT2D eigenvalue weighted by molar-refractivity contribution is -0.155. The first-order valence-corrected chi connectivity index (χ1v) is 14.5. The van der Waals surface area contributed by atoms with Crippen LogP contribution in [0, 0.1) is 12.3 Å². The number of carbonyl (C=O) groups is 3. The van der Waals surface area contributed by atoms with E-state index in [4.69, 9.17) is 31.0 Å². The van der Waals surface area contributed by atoms with Crippen LogP contribution in [0.5, 0.6) is 0 Å². The van der Waals surface area contributed by atoms with Crippen molar-refractivity contribution in [3.05, 3.63) is 75.6 Å². The second-order valence-corrected chi connectivity index (χ2v) is 12.7. The average molecular weight is 623 g/mol. The highest BCUT2D eigenvalue weighted by atomic mass is 35.5. The van der Waals surface area contributed by atoms with Gasteiger partial charge in [0.25, 0.3) is 0 Å². The largest absolute Gasteiger partial charge is 0.460 e. The van der Waals surface area contributed by atoms with Gasteiger partial charge in [-0.2, -0.15) is 0 Å². The van der Waals surface area contributed by atoms with E-state index in [0.29, 0.717) is 38.5 Å². The third-order valence-electron chi connectivity index (χ3n) is 6.23. The van der Waals surface area contributed by atoms with Gasteiger partial charge in [-0.3, -0.25) is 14.6 Å². The maximum Gasteiger partial charge on any atom is 0.408 e. The molecule has 44 heavy (non-hydrogen) atoms. The highest BCUT2D eigenvalue weighted by Crippen LogP contribution is 2.37. The lowest BCUT2D eigenvalue weighted by atomic mass is 9.87. The summed E-state index contributed by atoms with van der Waals surface area (Å²) in [5, 5.41) is 15.3. The maximum absolute atomic E-state index is 14.0. The van der Waals surface area contributed by atoms with Crippen molar-refractivity contribution in [1.29, 1.82) is 5.41 Å². The van der Waals surface area contributed by atoms with E-state index < -0.39 is 35.2 Å². The van der Waals surface area contributed by atoms with E-state index >= 15 is 0 Å². The van der Waals surface area contributed by atoms with E-state index in [9.17, 15) is 14.4 Å². The molecule has 2 N–H and O–H groups in total. The van der Waals surface area contributed by atoms with Gasteiger partial charge in [-0.05, 0) is 89.9 Å². The number of amides is 1. The van der Waals surface area contributed by atoms with Gasteiger partial charge in [0.15, 0.2) is 11.5 Å². The molecule has 0 fully saturated rings. The topological polar surface area (TPSA) is 144 Å². The Hall–Kier alpha value is -4.31. The molecule has 0 saturated carbocycles. The fourth-order valence-corrected chi connectivity index (χ4v) is 4.61. The Morgan fingerprint density at radius 3 is 2.25 bits per heavy atom. The Bertz CT molecular complexity index is 1520. The molecule has 1 amide bonds. The number of halogens is 1. The molecule has 1 aromatic heterocycles. The first kappa shape index (κ1) is 34.2. The summed E-state index contributed by atoms with van der Waals surface area (Å²) in [6, 6.07) is 10.7.